The molecule has 1 aliphatic rings. The van der Waals surface area contributed by atoms with Crippen LogP contribution in [0.1, 0.15) is 27.7 Å². The number of azo groups is 1. The maximum Gasteiger partial charge on any atom is 0.269 e. The average molecular weight is 396 g/mol. The van der Waals surface area contributed by atoms with Crippen molar-refractivity contribution >= 4 is 28.5 Å². The number of rotatable bonds is 5. The maximum absolute atomic E-state index is 10.9. The molecule has 150 valence electrons. The number of anilines is 1. The van der Waals surface area contributed by atoms with E-state index in [9.17, 15) is 20.2 Å². The molecular formula is C19H20N6O4. The smallest absolute Gasteiger partial charge is 0.258 e. The van der Waals surface area contributed by atoms with E-state index in [-0.39, 0.29) is 11.4 Å². The molecule has 0 aromatic heterocycles. The second kappa shape index (κ2) is 7.04. The van der Waals surface area contributed by atoms with Crippen LogP contribution >= 0.6 is 0 Å². The van der Waals surface area contributed by atoms with Gasteiger partial charge in [-0.2, -0.15) is 15.3 Å². The molecule has 0 bridgehead atoms. The molecule has 1 aliphatic heterocycles. The van der Waals surface area contributed by atoms with Gasteiger partial charge in [-0.1, -0.05) is 13.8 Å². The number of benzene rings is 2. The fourth-order valence-electron chi connectivity index (χ4n) is 2.97. The lowest BCUT2D eigenvalue weighted by molar-refractivity contribution is -0.385. The van der Waals surface area contributed by atoms with Crippen LogP contribution in [-0.4, -0.2) is 21.2 Å². The number of nitro benzene ring substituents is 2. The largest absolute Gasteiger partial charge is 0.269 e. The maximum atomic E-state index is 10.9. The predicted octanol–water partition coefficient (Wildman–Crippen LogP) is 5.23. The van der Waals surface area contributed by atoms with Gasteiger partial charge < -0.3 is 0 Å². The van der Waals surface area contributed by atoms with Crippen LogP contribution in [0, 0.1) is 25.6 Å². The van der Waals surface area contributed by atoms with E-state index in [0.717, 1.165) is 5.71 Å². The van der Waals surface area contributed by atoms with Gasteiger partial charge in [0.25, 0.3) is 11.4 Å². The minimum atomic E-state index is -0.908. The van der Waals surface area contributed by atoms with Crippen LogP contribution in [0.25, 0.3) is 0 Å². The molecule has 2 aromatic rings. The number of non-ortho nitro benzene ring substituents is 2. The van der Waals surface area contributed by atoms with Gasteiger partial charge in [0.05, 0.1) is 26.6 Å². The van der Waals surface area contributed by atoms with Crippen molar-refractivity contribution in [1.82, 2.24) is 0 Å². The Morgan fingerprint density at radius 1 is 0.897 bits per heavy atom. The highest BCUT2D eigenvalue weighted by atomic mass is 16.6. The fourth-order valence-corrected chi connectivity index (χ4v) is 2.97. The van der Waals surface area contributed by atoms with Crippen LogP contribution in [0.3, 0.4) is 0 Å². The first-order valence-electron chi connectivity index (χ1n) is 8.84. The molecule has 0 amide bonds. The second-order valence-electron chi connectivity index (χ2n) is 7.39. The lowest BCUT2D eigenvalue weighted by atomic mass is 9.77. The summed E-state index contributed by atoms with van der Waals surface area (Å²) in [7, 11) is 0. The molecule has 0 N–H and O–H groups in total. The van der Waals surface area contributed by atoms with E-state index in [2.05, 4.69) is 15.3 Å². The number of hydrogen-bond acceptors (Lipinski definition) is 8. The minimum absolute atomic E-state index is 0.0119. The van der Waals surface area contributed by atoms with E-state index in [1.807, 2.05) is 27.7 Å². The molecule has 0 aliphatic carbocycles. The molecule has 1 atom stereocenters. The van der Waals surface area contributed by atoms with Crippen molar-refractivity contribution in [2.45, 2.75) is 33.4 Å². The molecular weight excluding hydrogens is 376 g/mol. The van der Waals surface area contributed by atoms with Gasteiger partial charge in [-0.05, 0) is 38.1 Å². The number of nitrogens with zero attached hydrogens (tertiary/aromatic N) is 6. The number of hydrazone groups is 1. The van der Waals surface area contributed by atoms with Crippen molar-refractivity contribution in [2.24, 2.45) is 20.7 Å². The van der Waals surface area contributed by atoms with Gasteiger partial charge in [-0.3, -0.25) is 20.2 Å². The summed E-state index contributed by atoms with van der Waals surface area (Å²) in [5, 5.41) is 36.9. The fraction of sp³-hybridized carbons (Fsp3) is 0.316. The van der Waals surface area contributed by atoms with Crippen molar-refractivity contribution in [3.63, 3.8) is 0 Å². The zero-order valence-electron chi connectivity index (χ0n) is 16.4. The van der Waals surface area contributed by atoms with Crippen LogP contribution < -0.4 is 5.01 Å². The summed E-state index contributed by atoms with van der Waals surface area (Å²) in [5.41, 5.74) is 0.520. The Hall–Kier alpha value is -3.69. The lowest BCUT2D eigenvalue weighted by Gasteiger charge is -2.39. The molecule has 10 nitrogen and oxygen atoms in total. The van der Waals surface area contributed by atoms with E-state index >= 15 is 0 Å². The van der Waals surface area contributed by atoms with Crippen LogP contribution in [0.5, 0.6) is 0 Å². The SMILES string of the molecule is CC1=NN(c2ccc([N+](=O)[O-])cc2)C(C)(N=Nc2ccc([N+](=O)[O-])cc2)C1(C)C. The molecule has 1 heterocycles. The van der Waals surface area contributed by atoms with Gasteiger partial charge in [-0.25, -0.2) is 5.01 Å². The Kier molecular flexibility index (Phi) is 4.87. The van der Waals surface area contributed by atoms with Crippen molar-refractivity contribution in [3.05, 3.63) is 68.8 Å². The van der Waals surface area contributed by atoms with Crippen molar-refractivity contribution < 1.29 is 9.85 Å². The molecule has 0 fully saturated rings. The highest BCUT2D eigenvalue weighted by Gasteiger charge is 2.53. The Bertz CT molecular complexity index is 1010. The summed E-state index contributed by atoms with van der Waals surface area (Å²) >= 11 is 0. The van der Waals surface area contributed by atoms with Crippen molar-refractivity contribution in [2.75, 3.05) is 5.01 Å². The molecule has 3 rings (SSSR count). The standard InChI is InChI=1S/C19H20N6O4/c1-13-18(2,3)19(4,22-20-14-5-7-16(8-6-14)24(26)27)23(21-13)15-9-11-17(12-10-15)25(28)29/h5-12H,1-4H3. The second-order valence-corrected chi connectivity index (χ2v) is 7.39. The normalized spacial score (nSPS) is 20.7. The third-order valence-electron chi connectivity index (χ3n) is 5.48. The summed E-state index contributed by atoms with van der Waals surface area (Å²) < 4.78 is 0. The minimum Gasteiger partial charge on any atom is -0.258 e. The highest BCUT2D eigenvalue weighted by Crippen LogP contribution is 2.47. The van der Waals surface area contributed by atoms with Crippen LogP contribution in [0.4, 0.5) is 22.7 Å². The Morgan fingerprint density at radius 2 is 1.38 bits per heavy atom. The van der Waals surface area contributed by atoms with E-state index in [0.29, 0.717) is 11.4 Å². The summed E-state index contributed by atoms with van der Waals surface area (Å²) in [6.07, 6.45) is 0. The molecule has 0 saturated carbocycles. The zero-order chi connectivity index (χ0) is 21.4. The van der Waals surface area contributed by atoms with Crippen molar-refractivity contribution in [1.29, 1.82) is 0 Å². The number of hydrogen-bond donors (Lipinski definition) is 0. The van der Waals surface area contributed by atoms with Crippen LogP contribution in [-0.2, 0) is 0 Å². The molecule has 10 heteroatoms. The average Bonchev–Trinajstić information content (AvgIpc) is 2.87. The van der Waals surface area contributed by atoms with Gasteiger partial charge in [0.2, 0.25) is 0 Å². The van der Waals surface area contributed by atoms with Crippen LogP contribution in [0.15, 0.2) is 63.9 Å². The third-order valence-corrected chi connectivity index (χ3v) is 5.48. The van der Waals surface area contributed by atoms with Gasteiger partial charge >= 0.3 is 0 Å². The molecule has 0 radical (unpaired) electrons. The Balaban J connectivity index is 1.97. The first kappa shape index (κ1) is 20.1. The first-order valence-corrected chi connectivity index (χ1v) is 8.84. The Morgan fingerprint density at radius 3 is 1.86 bits per heavy atom. The Labute approximate surface area is 166 Å². The summed E-state index contributed by atoms with van der Waals surface area (Å²) in [4.78, 5) is 20.8. The monoisotopic (exact) mass is 396 g/mol. The third kappa shape index (κ3) is 3.44. The molecule has 29 heavy (non-hydrogen) atoms. The molecule has 0 spiro atoms. The summed E-state index contributed by atoms with van der Waals surface area (Å²) in [6.45, 7) is 7.76. The predicted molar refractivity (Wildman–Crippen MR) is 108 cm³/mol. The van der Waals surface area contributed by atoms with Gasteiger partial charge in [0.1, 0.15) is 0 Å². The van der Waals surface area contributed by atoms with Gasteiger partial charge in [0, 0.05) is 30.0 Å². The van der Waals surface area contributed by atoms with Crippen LogP contribution in [0.2, 0.25) is 0 Å². The highest BCUT2D eigenvalue weighted by molar-refractivity contribution is 5.93. The zero-order valence-corrected chi connectivity index (χ0v) is 16.4. The van der Waals surface area contributed by atoms with E-state index in [1.54, 1.807) is 17.1 Å². The van der Waals surface area contributed by atoms with Gasteiger partial charge in [-0.15, -0.1) is 0 Å². The van der Waals surface area contributed by atoms with E-state index in [1.165, 1.54) is 36.4 Å². The molecule has 1 unspecified atom stereocenters. The summed E-state index contributed by atoms with van der Waals surface area (Å²) in [5.74, 6) is 0. The molecule has 2 aromatic carbocycles. The summed E-state index contributed by atoms with van der Waals surface area (Å²) in [6, 6.07) is 11.9. The molecule has 0 saturated heterocycles. The quantitative estimate of drug-likeness (QED) is 0.389. The van der Waals surface area contributed by atoms with E-state index in [4.69, 9.17) is 0 Å². The van der Waals surface area contributed by atoms with E-state index < -0.39 is 20.9 Å². The first-order chi connectivity index (χ1) is 13.6. The lowest BCUT2D eigenvalue weighted by Crippen LogP contribution is -2.49. The topological polar surface area (TPSA) is 127 Å². The van der Waals surface area contributed by atoms with Crippen molar-refractivity contribution in [3.8, 4) is 0 Å². The van der Waals surface area contributed by atoms with Gasteiger partial charge in [0.15, 0.2) is 5.66 Å². The number of nitro groups is 2.